The average Bonchev–Trinajstić information content (AvgIpc) is 2.83. The zero-order valence-electron chi connectivity index (χ0n) is 10.1. The van der Waals surface area contributed by atoms with E-state index in [2.05, 4.69) is 17.3 Å². The smallest absolute Gasteiger partial charge is 0.169 e. The third kappa shape index (κ3) is 3.08. The number of nitrogens with zero attached hydrogens (tertiary/aromatic N) is 1. The second kappa shape index (κ2) is 5.82. The molecule has 1 unspecified atom stereocenters. The maximum atomic E-state index is 5.45. The summed E-state index contributed by atoms with van der Waals surface area (Å²) in [6, 6.07) is 1.08. The summed E-state index contributed by atoms with van der Waals surface area (Å²) in [5.74, 6) is 0. The van der Waals surface area contributed by atoms with Crippen molar-refractivity contribution in [3.8, 4) is 0 Å². The quantitative estimate of drug-likeness (QED) is 0.748. The normalized spacial score (nSPS) is 26.7. The summed E-state index contributed by atoms with van der Waals surface area (Å²) in [6.45, 7) is 1.70. The number of ether oxygens (including phenoxy) is 1. The van der Waals surface area contributed by atoms with Crippen LogP contribution < -0.4 is 5.32 Å². The predicted molar refractivity (Wildman–Crippen MR) is 69.6 cm³/mol. The van der Waals surface area contributed by atoms with Gasteiger partial charge < -0.3 is 15.0 Å². The van der Waals surface area contributed by atoms with E-state index in [1.165, 1.54) is 32.1 Å². The minimum absolute atomic E-state index is 0.476. The van der Waals surface area contributed by atoms with Gasteiger partial charge in [0.05, 0.1) is 12.6 Å². The Morgan fingerprint density at radius 3 is 2.62 bits per heavy atom. The van der Waals surface area contributed by atoms with Crippen LogP contribution in [0.15, 0.2) is 0 Å². The summed E-state index contributed by atoms with van der Waals surface area (Å²) in [5, 5.41) is 4.40. The maximum Gasteiger partial charge on any atom is 0.169 e. The summed E-state index contributed by atoms with van der Waals surface area (Å²) in [7, 11) is 2.08. The summed E-state index contributed by atoms with van der Waals surface area (Å²) < 4.78 is 5.39. The predicted octanol–water partition coefficient (Wildman–Crippen LogP) is 1.91. The Labute approximate surface area is 104 Å². The first-order chi connectivity index (χ1) is 7.77. The molecule has 1 aliphatic carbocycles. The zero-order chi connectivity index (χ0) is 11.4. The summed E-state index contributed by atoms with van der Waals surface area (Å²) in [6.07, 6.45) is 7.72. The van der Waals surface area contributed by atoms with Crippen molar-refractivity contribution in [1.29, 1.82) is 0 Å². The third-order valence-electron chi connectivity index (χ3n) is 3.71. The molecule has 0 bridgehead atoms. The molecule has 92 valence electrons. The molecule has 2 fully saturated rings. The van der Waals surface area contributed by atoms with Crippen molar-refractivity contribution in [3.63, 3.8) is 0 Å². The molecule has 0 radical (unpaired) electrons. The highest BCUT2D eigenvalue weighted by Crippen LogP contribution is 2.18. The first-order valence-electron chi connectivity index (χ1n) is 6.38. The van der Waals surface area contributed by atoms with Gasteiger partial charge in [-0.3, -0.25) is 0 Å². The van der Waals surface area contributed by atoms with Crippen LogP contribution in [-0.4, -0.2) is 42.4 Å². The van der Waals surface area contributed by atoms with E-state index in [9.17, 15) is 0 Å². The van der Waals surface area contributed by atoms with Gasteiger partial charge in [0.2, 0.25) is 0 Å². The topological polar surface area (TPSA) is 24.5 Å². The fourth-order valence-corrected chi connectivity index (χ4v) is 2.83. The van der Waals surface area contributed by atoms with Gasteiger partial charge >= 0.3 is 0 Å². The lowest BCUT2D eigenvalue weighted by molar-refractivity contribution is 0.178. The van der Waals surface area contributed by atoms with Crippen LogP contribution in [0.2, 0.25) is 0 Å². The van der Waals surface area contributed by atoms with Crippen molar-refractivity contribution in [2.45, 2.75) is 50.6 Å². The van der Waals surface area contributed by atoms with Crippen LogP contribution in [0.5, 0.6) is 0 Å². The van der Waals surface area contributed by atoms with E-state index in [4.69, 9.17) is 17.0 Å². The van der Waals surface area contributed by atoms with Crippen molar-refractivity contribution >= 4 is 17.3 Å². The monoisotopic (exact) mass is 242 g/mol. The van der Waals surface area contributed by atoms with Gasteiger partial charge in [-0.25, -0.2) is 0 Å². The van der Waals surface area contributed by atoms with Crippen LogP contribution >= 0.6 is 12.2 Å². The molecule has 1 atom stereocenters. The van der Waals surface area contributed by atoms with Crippen LogP contribution in [0.3, 0.4) is 0 Å². The van der Waals surface area contributed by atoms with Crippen molar-refractivity contribution in [2.75, 3.05) is 20.3 Å². The highest BCUT2D eigenvalue weighted by atomic mass is 32.1. The minimum atomic E-state index is 0.476. The molecule has 1 saturated carbocycles. The lowest BCUT2D eigenvalue weighted by Crippen LogP contribution is -2.47. The number of hydrogen-bond donors (Lipinski definition) is 1. The van der Waals surface area contributed by atoms with Gasteiger partial charge in [0, 0.05) is 19.7 Å². The Kier molecular flexibility index (Phi) is 4.41. The van der Waals surface area contributed by atoms with Gasteiger partial charge in [0.15, 0.2) is 5.11 Å². The van der Waals surface area contributed by atoms with Crippen molar-refractivity contribution in [2.24, 2.45) is 0 Å². The van der Waals surface area contributed by atoms with Crippen molar-refractivity contribution in [1.82, 2.24) is 10.2 Å². The molecule has 0 aromatic heterocycles. The van der Waals surface area contributed by atoms with Crippen LogP contribution in [0.1, 0.15) is 38.5 Å². The van der Waals surface area contributed by atoms with Gasteiger partial charge in [-0.1, -0.05) is 19.3 Å². The van der Waals surface area contributed by atoms with E-state index in [0.717, 1.165) is 24.7 Å². The van der Waals surface area contributed by atoms with Crippen LogP contribution in [-0.2, 0) is 4.74 Å². The van der Waals surface area contributed by atoms with E-state index in [1.807, 2.05) is 0 Å². The molecule has 4 heteroatoms. The van der Waals surface area contributed by atoms with E-state index in [0.29, 0.717) is 12.1 Å². The molecule has 1 saturated heterocycles. The Bertz CT molecular complexity index is 235. The molecule has 2 rings (SSSR count). The maximum absolute atomic E-state index is 5.45. The molecule has 3 nitrogen and oxygen atoms in total. The molecule has 1 aliphatic heterocycles. The van der Waals surface area contributed by atoms with Crippen LogP contribution in [0.4, 0.5) is 0 Å². The number of thiocarbonyl (C=S) groups is 1. The Hall–Kier alpha value is -0.350. The van der Waals surface area contributed by atoms with Gasteiger partial charge in [0.25, 0.3) is 0 Å². The van der Waals surface area contributed by atoms with E-state index >= 15 is 0 Å². The molecule has 0 amide bonds. The molecule has 0 spiro atoms. The fraction of sp³-hybridized carbons (Fsp3) is 0.917. The first-order valence-corrected chi connectivity index (χ1v) is 6.79. The number of likely N-dealkylation sites (N-methyl/N-ethyl adjacent to an activating group) is 1. The average molecular weight is 242 g/mol. The van der Waals surface area contributed by atoms with E-state index in [-0.39, 0.29) is 0 Å². The van der Waals surface area contributed by atoms with Crippen molar-refractivity contribution < 1.29 is 4.74 Å². The summed E-state index contributed by atoms with van der Waals surface area (Å²) in [5.41, 5.74) is 0. The standard InChI is InChI=1S/C12H22N2OS/c1-14(11-7-8-15-9-11)12(16)13-10-5-3-2-4-6-10/h10-11H,2-9H2,1H3,(H,13,16). The molecular formula is C12H22N2OS. The first kappa shape index (κ1) is 12.1. The summed E-state index contributed by atoms with van der Waals surface area (Å²) in [4.78, 5) is 2.18. The van der Waals surface area contributed by atoms with Gasteiger partial charge in [-0.2, -0.15) is 0 Å². The van der Waals surface area contributed by atoms with E-state index in [1.54, 1.807) is 0 Å². The molecule has 1 N–H and O–H groups in total. The molecule has 1 heterocycles. The number of rotatable bonds is 2. The third-order valence-corrected chi connectivity index (χ3v) is 4.11. The van der Waals surface area contributed by atoms with E-state index < -0.39 is 0 Å². The number of nitrogens with one attached hydrogen (secondary N) is 1. The lowest BCUT2D eigenvalue weighted by atomic mass is 9.96. The zero-order valence-corrected chi connectivity index (χ0v) is 10.9. The lowest BCUT2D eigenvalue weighted by Gasteiger charge is -2.31. The highest BCUT2D eigenvalue weighted by Gasteiger charge is 2.23. The Balaban J connectivity index is 1.77. The fourth-order valence-electron chi connectivity index (χ4n) is 2.52. The summed E-state index contributed by atoms with van der Waals surface area (Å²) >= 11 is 5.45. The van der Waals surface area contributed by atoms with Crippen molar-refractivity contribution in [3.05, 3.63) is 0 Å². The molecule has 2 aliphatic rings. The molecule has 0 aromatic carbocycles. The Morgan fingerprint density at radius 2 is 2.00 bits per heavy atom. The van der Waals surface area contributed by atoms with Crippen LogP contribution in [0.25, 0.3) is 0 Å². The second-order valence-electron chi connectivity index (χ2n) is 4.91. The molecular weight excluding hydrogens is 220 g/mol. The highest BCUT2D eigenvalue weighted by molar-refractivity contribution is 7.80. The second-order valence-corrected chi connectivity index (χ2v) is 5.30. The minimum Gasteiger partial charge on any atom is -0.379 e. The largest absolute Gasteiger partial charge is 0.379 e. The molecule has 0 aromatic rings. The Morgan fingerprint density at radius 1 is 1.25 bits per heavy atom. The molecule has 16 heavy (non-hydrogen) atoms. The van der Waals surface area contributed by atoms with Gasteiger partial charge in [-0.15, -0.1) is 0 Å². The number of hydrogen-bond acceptors (Lipinski definition) is 2. The van der Waals surface area contributed by atoms with Gasteiger partial charge in [0.1, 0.15) is 0 Å². The van der Waals surface area contributed by atoms with Crippen LogP contribution in [0, 0.1) is 0 Å². The SMILES string of the molecule is CN(C(=S)NC1CCCCC1)C1CCOC1. The van der Waals surface area contributed by atoms with Gasteiger partial charge in [-0.05, 0) is 31.5 Å².